The molecule has 0 saturated carbocycles. The Bertz CT molecular complexity index is 687. The first-order valence-electron chi connectivity index (χ1n) is 8.66. The Hall–Kier alpha value is -2.70. The number of nitrogens with one attached hydrogen (secondary N) is 1. The van der Waals surface area contributed by atoms with E-state index < -0.39 is 0 Å². The minimum absolute atomic E-state index is 0.115. The van der Waals surface area contributed by atoms with Gasteiger partial charge in [-0.15, -0.1) is 0 Å². The van der Waals surface area contributed by atoms with Gasteiger partial charge in [-0.3, -0.25) is 14.4 Å². The normalized spacial score (nSPS) is 17.7. The molecule has 0 aromatic heterocycles. The number of carbonyl (C=O) groups is 3. The Morgan fingerprint density at radius 1 is 1.08 bits per heavy atom. The van der Waals surface area contributed by atoms with Crippen molar-refractivity contribution in [2.75, 3.05) is 24.6 Å². The number of hydrogen-bond donors (Lipinski definition) is 1. The lowest BCUT2D eigenvalue weighted by atomic mass is 10.1. The summed E-state index contributed by atoms with van der Waals surface area (Å²) in [5.41, 5.74) is 1.02. The highest BCUT2D eigenvalue weighted by Crippen LogP contribution is 2.19. The zero-order valence-electron chi connectivity index (χ0n) is 14.1. The van der Waals surface area contributed by atoms with E-state index in [9.17, 15) is 14.4 Å². The molecule has 3 amide bonds. The van der Waals surface area contributed by atoms with Crippen molar-refractivity contribution in [2.24, 2.45) is 5.10 Å². The maximum absolute atomic E-state index is 12.3. The highest BCUT2D eigenvalue weighted by atomic mass is 16.2. The fraction of sp³-hybridized carbons (Fsp3) is 0.444. The van der Waals surface area contributed by atoms with Crippen LogP contribution >= 0.6 is 0 Å². The van der Waals surface area contributed by atoms with E-state index in [4.69, 9.17) is 0 Å². The van der Waals surface area contributed by atoms with Crippen molar-refractivity contribution in [3.05, 3.63) is 30.3 Å². The lowest BCUT2D eigenvalue weighted by Gasteiger charge is -2.23. The van der Waals surface area contributed by atoms with Crippen LogP contribution in [0.15, 0.2) is 35.4 Å². The fourth-order valence-corrected chi connectivity index (χ4v) is 3.00. The standard InChI is InChI=1S/C18H22N4O3/c23-16-8-4-12-21(16)13-5-11-19-18(25)15-9-10-17(24)22(20-15)14-6-2-1-3-7-14/h1-3,6-7H,4-5,8-13H2,(H,19,25). The van der Waals surface area contributed by atoms with E-state index in [1.54, 1.807) is 12.1 Å². The molecule has 132 valence electrons. The third-order valence-electron chi connectivity index (χ3n) is 4.36. The number of amides is 3. The van der Waals surface area contributed by atoms with Gasteiger partial charge in [0.25, 0.3) is 5.91 Å². The van der Waals surface area contributed by atoms with Crippen LogP contribution < -0.4 is 10.3 Å². The molecule has 0 spiro atoms. The number of anilines is 1. The van der Waals surface area contributed by atoms with Gasteiger partial charge in [-0.1, -0.05) is 18.2 Å². The highest BCUT2D eigenvalue weighted by molar-refractivity contribution is 6.40. The van der Waals surface area contributed by atoms with Crippen LogP contribution in [0.3, 0.4) is 0 Å². The molecule has 1 aromatic rings. The van der Waals surface area contributed by atoms with Gasteiger partial charge < -0.3 is 10.2 Å². The monoisotopic (exact) mass is 342 g/mol. The quantitative estimate of drug-likeness (QED) is 0.791. The van der Waals surface area contributed by atoms with Crippen LogP contribution in [0.25, 0.3) is 0 Å². The average Bonchev–Trinajstić information content (AvgIpc) is 3.04. The predicted octanol–water partition coefficient (Wildman–Crippen LogP) is 1.30. The third-order valence-corrected chi connectivity index (χ3v) is 4.36. The lowest BCUT2D eigenvalue weighted by Crippen LogP contribution is -2.40. The second kappa shape index (κ2) is 7.92. The molecule has 0 bridgehead atoms. The van der Waals surface area contributed by atoms with E-state index in [-0.39, 0.29) is 24.1 Å². The SMILES string of the molecule is O=C(NCCCN1CCCC1=O)C1=NN(c2ccccc2)C(=O)CC1. The Kier molecular flexibility index (Phi) is 5.42. The van der Waals surface area contributed by atoms with Crippen molar-refractivity contribution in [3.8, 4) is 0 Å². The van der Waals surface area contributed by atoms with E-state index >= 15 is 0 Å². The van der Waals surface area contributed by atoms with Gasteiger partial charge in [-0.25, -0.2) is 5.01 Å². The van der Waals surface area contributed by atoms with Crippen LogP contribution in [-0.2, 0) is 14.4 Å². The van der Waals surface area contributed by atoms with Gasteiger partial charge >= 0.3 is 0 Å². The number of benzene rings is 1. The molecule has 25 heavy (non-hydrogen) atoms. The molecule has 2 aliphatic heterocycles. The van der Waals surface area contributed by atoms with Gasteiger partial charge in [-0.2, -0.15) is 5.10 Å². The Balaban J connectivity index is 1.52. The molecule has 1 N–H and O–H groups in total. The maximum Gasteiger partial charge on any atom is 0.267 e. The first kappa shape index (κ1) is 17.1. The summed E-state index contributed by atoms with van der Waals surface area (Å²) in [5.74, 6) is -0.170. The molecule has 1 saturated heterocycles. The van der Waals surface area contributed by atoms with Crippen LogP contribution in [0.1, 0.15) is 32.1 Å². The summed E-state index contributed by atoms with van der Waals surface area (Å²) in [6.07, 6.45) is 2.88. The molecule has 2 heterocycles. The number of carbonyl (C=O) groups excluding carboxylic acids is 3. The van der Waals surface area contributed by atoms with Crippen LogP contribution in [0, 0.1) is 0 Å². The average molecular weight is 342 g/mol. The molecule has 7 nitrogen and oxygen atoms in total. The van der Waals surface area contributed by atoms with Crippen LogP contribution in [0.2, 0.25) is 0 Å². The highest BCUT2D eigenvalue weighted by Gasteiger charge is 2.25. The van der Waals surface area contributed by atoms with Gasteiger partial charge in [0, 0.05) is 38.9 Å². The summed E-state index contributed by atoms with van der Waals surface area (Å²) in [4.78, 5) is 37.7. The van der Waals surface area contributed by atoms with E-state index in [1.165, 1.54) is 5.01 Å². The van der Waals surface area contributed by atoms with Gasteiger partial charge in [0.2, 0.25) is 11.8 Å². The van der Waals surface area contributed by atoms with Crippen LogP contribution in [-0.4, -0.2) is 48.0 Å². The number of rotatable bonds is 6. The Morgan fingerprint density at radius 2 is 1.88 bits per heavy atom. The molecular weight excluding hydrogens is 320 g/mol. The summed E-state index contributed by atoms with van der Waals surface area (Å²) in [6.45, 7) is 1.97. The molecule has 3 rings (SSSR count). The molecule has 0 atom stereocenters. The first-order valence-corrected chi connectivity index (χ1v) is 8.66. The van der Waals surface area contributed by atoms with Crippen molar-refractivity contribution in [2.45, 2.75) is 32.1 Å². The second-order valence-corrected chi connectivity index (χ2v) is 6.18. The van der Waals surface area contributed by atoms with E-state index in [2.05, 4.69) is 10.4 Å². The molecule has 0 unspecified atom stereocenters. The molecule has 1 aromatic carbocycles. The van der Waals surface area contributed by atoms with Crippen molar-refractivity contribution >= 4 is 29.1 Å². The molecule has 0 radical (unpaired) electrons. The van der Waals surface area contributed by atoms with E-state index in [0.29, 0.717) is 43.8 Å². The van der Waals surface area contributed by atoms with Crippen LogP contribution in [0.4, 0.5) is 5.69 Å². The lowest BCUT2D eigenvalue weighted by molar-refractivity contribution is -0.127. The van der Waals surface area contributed by atoms with E-state index in [0.717, 1.165) is 13.0 Å². The van der Waals surface area contributed by atoms with Crippen molar-refractivity contribution < 1.29 is 14.4 Å². The number of hydrogen-bond acceptors (Lipinski definition) is 4. The Labute approximate surface area is 146 Å². The van der Waals surface area contributed by atoms with Crippen molar-refractivity contribution in [1.29, 1.82) is 0 Å². The number of para-hydroxylation sites is 1. The minimum Gasteiger partial charge on any atom is -0.351 e. The summed E-state index contributed by atoms with van der Waals surface area (Å²) >= 11 is 0. The van der Waals surface area contributed by atoms with Crippen molar-refractivity contribution in [3.63, 3.8) is 0 Å². The molecule has 1 fully saturated rings. The molecule has 7 heteroatoms. The summed E-state index contributed by atoms with van der Waals surface area (Å²) < 4.78 is 0. The second-order valence-electron chi connectivity index (χ2n) is 6.18. The minimum atomic E-state index is -0.249. The van der Waals surface area contributed by atoms with E-state index in [1.807, 2.05) is 23.1 Å². The smallest absolute Gasteiger partial charge is 0.267 e. The number of hydrazone groups is 1. The summed E-state index contributed by atoms with van der Waals surface area (Å²) in [5, 5.41) is 8.35. The molecular formula is C18H22N4O3. The largest absolute Gasteiger partial charge is 0.351 e. The van der Waals surface area contributed by atoms with Gasteiger partial charge in [0.1, 0.15) is 5.71 Å². The van der Waals surface area contributed by atoms with Gasteiger partial charge in [0.15, 0.2) is 0 Å². The topological polar surface area (TPSA) is 82.1 Å². The number of nitrogens with zero attached hydrogens (tertiary/aromatic N) is 3. The van der Waals surface area contributed by atoms with Gasteiger partial charge in [-0.05, 0) is 25.0 Å². The van der Waals surface area contributed by atoms with Crippen LogP contribution in [0.5, 0.6) is 0 Å². The Morgan fingerprint density at radius 3 is 2.60 bits per heavy atom. The van der Waals surface area contributed by atoms with Gasteiger partial charge in [0.05, 0.1) is 5.69 Å². The third kappa shape index (κ3) is 4.23. The number of likely N-dealkylation sites (tertiary alicyclic amines) is 1. The fourth-order valence-electron chi connectivity index (χ4n) is 3.00. The molecule has 0 aliphatic carbocycles. The zero-order chi connectivity index (χ0) is 17.6. The summed E-state index contributed by atoms with van der Waals surface area (Å²) in [6, 6.07) is 9.09. The zero-order valence-corrected chi connectivity index (χ0v) is 14.1. The predicted molar refractivity (Wildman–Crippen MR) is 94.0 cm³/mol. The van der Waals surface area contributed by atoms with Crippen molar-refractivity contribution in [1.82, 2.24) is 10.2 Å². The maximum atomic E-state index is 12.3. The summed E-state index contributed by atoms with van der Waals surface area (Å²) in [7, 11) is 0. The first-order chi connectivity index (χ1) is 12.1. The molecule has 2 aliphatic rings.